The third kappa shape index (κ3) is 2.86. The van der Waals surface area contributed by atoms with E-state index < -0.39 is 0 Å². The molecule has 2 heterocycles. The maximum atomic E-state index is 10.8. The van der Waals surface area contributed by atoms with E-state index in [1.807, 2.05) is 6.92 Å². The first-order chi connectivity index (χ1) is 8.24. The molecule has 0 N–H and O–H groups in total. The highest BCUT2D eigenvalue weighted by Crippen LogP contribution is 2.29. The molecule has 3 nitrogen and oxygen atoms in total. The molecule has 0 aromatic carbocycles. The molecule has 0 aliphatic carbocycles. The minimum absolute atomic E-state index is 0.774. The van der Waals surface area contributed by atoms with Crippen LogP contribution in [0.5, 0.6) is 0 Å². The van der Waals surface area contributed by atoms with Crippen LogP contribution in [0.1, 0.15) is 48.0 Å². The topological polar surface area (TPSA) is 33.2 Å². The van der Waals surface area contributed by atoms with Crippen molar-refractivity contribution in [3.63, 3.8) is 0 Å². The van der Waals surface area contributed by atoms with Gasteiger partial charge in [-0.1, -0.05) is 31.1 Å². The fourth-order valence-corrected chi connectivity index (χ4v) is 3.39. The number of rotatable bonds is 4. The number of anilines is 1. The van der Waals surface area contributed by atoms with Crippen LogP contribution in [0.3, 0.4) is 0 Å². The number of aldehydes is 1. The maximum Gasteiger partial charge on any atom is 0.186 e. The van der Waals surface area contributed by atoms with E-state index in [0.29, 0.717) is 0 Å². The van der Waals surface area contributed by atoms with Gasteiger partial charge < -0.3 is 4.90 Å². The summed E-state index contributed by atoms with van der Waals surface area (Å²) in [7, 11) is 0. The average molecular weight is 252 g/mol. The van der Waals surface area contributed by atoms with Gasteiger partial charge in [0, 0.05) is 13.1 Å². The summed E-state index contributed by atoms with van der Waals surface area (Å²) in [6.07, 6.45) is 6.09. The highest BCUT2D eigenvalue weighted by Gasteiger charge is 2.21. The Labute approximate surface area is 107 Å². The van der Waals surface area contributed by atoms with Crippen LogP contribution in [0.4, 0.5) is 5.13 Å². The van der Waals surface area contributed by atoms with Crippen LogP contribution in [0.25, 0.3) is 0 Å². The SMILES string of the molecule is CCCC1CCN(c2nc(C)c(C=O)s2)CC1. The van der Waals surface area contributed by atoms with Crippen molar-refractivity contribution in [3.05, 3.63) is 10.6 Å². The first-order valence-electron chi connectivity index (χ1n) is 6.42. The number of hydrogen-bond acceptors (Lipinski definition) is 4. The van der Waals surface area contributed by atoms with Crippen molar-refractivity contribution in [1.29, 1.82) is 0 Å². The summed E-state index contributed by atoms with van der Waals surface area (Å²) < 4.78 is 0. The summed E-state index contributed by atoms with van der Waals surface area (Å²) in [4.78, 5) is 18.4. The van der Waals surface area contributed by atoms with Crippen molar-refractivity contribution in [3.8, 4) is 0 Å². The Morgan fingerprint density at radius 1 is 1.47 bits per heavy atom. The van der Waals surface area contributed by atoms with Gasteiger partial charge in [0.15, 0.2) is 11.4 Å². The summed E-state index contributed by atoms with van der Waals surface area (Å²) in [5.41, 5.74) is 0.871. The predicted octanol–water partition coefficient (Wildman–Crippen LogP) is 3.28. The molecule has 4 heteroatoms. The van der Waals surface area contributed by atoms with Crippen molar-refractivity contribution in [2.75, 3.05) is 18.0 Å². The second-order valence-corrected chi connectivity index (χ2v) is 5.79. The fraction of sp³-hybridized carbons (Fsp3) is 0.692. The monoisotopic (exact) mass is 252 g/mol. The van der Waals surface area contributed by atoms with E-state index in [4.69, 9.17) is 0 Å². The van der Waals surface area contributed by atoms with Crippen LogP contribution >= 0.6 is 11.3 Å². The molecule has 1 saturated heterocycles. The zero-order chi connectivity index (χ0) is 12.3. The molecule has 17 heavy (non-hydrogen) atoms. The molecule has 0 amide bonds. The van der Waals surface area contributed by atoms with E-state index in [1.165, 1.54) is 37.0 Å². The molecule has 0 bridgehead atoms. The predicted molar refractivity (Wildman–Crippen MR) is 72.1 cm³/mol. The molecule has 1 fully saturated rings. The van der Waals surface area contributed by atoms with Gasteiger partial charge in [0.1, 0.15) is 0 Å². The summed E-state index contributed by atoms with van der Waals surface area (Å²) in [6, 6.07) is 0. The molecular formula is C13H20N2OS. The van der Waals surface area contributed by atoms with Crippen LogP contribution in [-0.4, -0.2) is 24.4 Å². The number of aromatic nitrogens is 1. The summed E-state index contributed by atoms with van der Waals surface area (Å²) in [6.45, 7) is 6.35. The van der Waals surface area contributed by atoms with Gasteiger partial charge in [0.05, 0.1) is 10.6 Å². The van der Waals surface area contributed by atoms with Crippen LogP contribution in [0.2, 0.25) is 0 Å². The number of carbonyl (C=O) groups is 1. The lowest BCUT2D eigenvalue weighted by molar-refractivity contribution is 0.112. The van der Waals surface area contributed by atoms with Gasteiger partial charge in [-0.15, -0.1) is 0 Å². The standard InChI is InChI=1S/C13H20N2OS/c1-3-4-11-5-7-15(8-6-11)13-14-10(2)12(9-16)17-13/h9,11H,3-8H2,1-2H3. The Bertz CT molecular complexity index is 381. The van der Waals surface area contributed by atoms with Gasteiger partial charge in [0.25, 0.3) is 0 Å². The molecule has 0 unspecified atom stereocenters. The number of hydrogen-bond donors (Lipinski definition) is 0. The summed E-state index contributed by atoms with van der Waals surface area (Å²) >= 11 is 1.53. The number of aryl methyl sites for hydroxylation is 1. The molecular weight excluding hydrogens is 232 g/mol. The molecule has 0 radical (unpaired) electrons. The van der Waals surface area contributed by atoms with E-state index in [2.05, 4.69) is 16.8 Å². The van der Waals surface area contributed by atoms with Crippen molar-refractivity contribution in [2.24, 2.45) is 5.92 Å². The van der Waals surface area contributed by atoms with E-state index in [-0.39, 0.29) is 0 Å². The van der Waals surface area contributed by atoms with Crippen molar-refractivity contribution >= 4 is 22.8 Å². The van der Waals surface area contributed by atoms with E-state index >= 15 is 0 Å². The fourth-order valence-electron chi connectivity index (χ4n) is 2.46. The number of piperidine rings is 1. The maximum absolute atomic E-state index is 10.8. The molecule has 1 aliphatic rings. The largest absolute Gasteiger partial charge is 0.348 e. The molecule has 1 aromatic heterocycles. The van der Waals surface area contributed by atoms with Crippen LogP contribution < -0.4 is 4.90 Å². The van der Waals surface area contributed by atoms with E-state index in [9.17, 15) is 4.79 Å². The van der Waals surface area contributed by atoms with Crippen molar-refractivity contribution < 1.29 is 4.79 Å². The van der Waals surface area contributed by atoms with Gasteiger partial charge in [-0.05, 0) is 25.7 Å². The summed E-state index contributed by atoms with van der Waals surface area (Å²) in [5, 5.41) is 1.03. The number of nitrogens with zero attached hydrogens (tertiary/aromatic N) is 2. The highest BCUT2D eigenvalue weighted by molar-refractivity contribution is 7.17. The molecule has 94 valence electrons. The molecule has 1 aliphatic heterocycles. The van der Waals surface area contributed by atoms with Crippen molar-refractivity contribution in [1.82, 2.24) is 4.98 Å². The van der Waals surface area contributed by atoms with Gasteiger partial charge >= 0.3 is 0 Å². The lowest BCUT2D eigenvalue weighted by Gasteiger charge is -2.31. The van der Waals surface area contributed by atoms with Gasteiger partial charge in [-0.3, -0.25) is 4.79 Å². The molecule has 2 rings (SSSR count). The van der Waals surface area contributed by atoms with Crippen LogP contribution in [0.15, 0.2) is 0 Å². The second-order valence-electron chi connectivity index (χ2n) is 4.78. The first-order valence-corrected chi connectivity index (χ1v) is 7.23. The van der Waals surface area contributed by atoms with Gasteiger partial charge in [0.2, 0.25) is 0 Å². The zero-order valence-electron chi connectivity index (χ0n) is 10.6. The summed E-state index contributed by atoms with van der Waals surface area (Å²) in [5.74, 6) is 0.892. The smallest absolute Gasteiger partial charge is 0.186 e. The zero-order valence-corrected chi connectivity index (χ0v) is 11.4. The Kier molecular flexibility index (Phi) is 4.15. The quantitative estimate of drug-likeness (QED) is 0.771. The van der Waals surface area contributed by atoms with Crippen LogP contribution in [0, 0.1) is 12.8 Å². The second kappa shape index (κ2) is 5.63. The Morgan fingerprint density at radius 2 is 2.18 bits per heavy atom. The molecule has 0 spiro atoms. The number of thiazole rings is 1. The lowest BCUT2D eigenvalue weighted by Crippen LogP contribution is -2.33. The minimum Gasteiger partial charge on any atom is -0.348 e. The highest BCUT2D eigenvalue weighted by atomic mass is 32.1. The third-order valence-electron chi connectivity index (χ3n) is 3.51. The molecule has 0 atom stereocenters. The average Bonchev–Trinajstić information content (AvgIpc) is 2.72. The van der Waals surface area contributed by atoms with Gasteiger partial charge in [-0.2, -0.15) is 0 Å². The minimum atomic E-state index is 0.774. The molecule has 0 saturated carbocycles. The van der Waals surface area contributed by atoms with E-state index in [1.54, 1.807) is 0 Å². The van der Waals surface area contributed by atoms with Crippen LogP contribution in [-0.2, 0) is 0 Å². The third-order valence-corrected chi connectivity index (χ3v) is 4.65. The van der Waals surface area contributed by atoms with E-state index in [0.717, 1.165) is 41.0 Å². The Morgan fingerprint density at radius 3 is 2.71 bits per heavy atom. The lowest BCUT2D eigenvalue weighted by atomic mass is 9.93. The Hall–Kier alpha value is -0.900. The van der Waals surface area contributed by atoms with Gasteiger partial charge in [-0.25, -0.2) is 4.98 Å². The first kappa shape index (κ1) is 12.6. The van der Waals surface area contributed by atoms with Crippen molar-refractivity contribution in [2.45, 2.75) is 39.5 Å². The molecule has 1 aromatic rings. The Balaban J connectivity index is 1.97. The number of carbonyl (C=O) groups excluding carboxylic acids is 1. The normalized spacial score (nSPS) is 17.4.